The summed E-state index contributed by atoms with van der Waals surface area (Å²) in [6.07, 6.45) is 5.52. The van der Waals surface area contributed by atoms with E-state index in [1.54, 1.807) is 20.8 Å². The number of sulfonamides is 1. The van der Waals surface area contributed by atoms with Crippen molar-refractivity contribution in [3.63, 3.8) is 0 Å². The lowest BCUT2D eigenvalue weighted by atomic mass is 9.86. The van der Waals surface area contributed by atoms with Crippen LogP contribution >= 0.6 is 0 Å². The number of ether oxygens (including phenoxy) is 1. The average molecular weight is 480 g/mol. The first-order valence-corrected chi connectivity index (χ1v) is 13.8. The highest BCUT2D eigenvalue weighted by Crippen LogP contribution is 2.28. The van der Waals surface area contributed by atoms with Crippen molar-refractivity contribution in [1.82, 2.24) is 4.72 Å². The van der Waals surface area contributed by atoms with Crippen LogP contribution in [0.15, 0.2) is 24.3 Å². The van der Waals surface area contributed by atoms with Gasteiger partial charge >= 0.3 is 5.97 Å². The SMILES string of the molecule is CCOC(=O)C1CCN(c2ccc(NC[C@H]3CC[C@H](NS(=O)(=O)C(C)(C)C)CC3)cc2)CC1. The van der Waals surface area contributed by atoms with E-state index in [2.05, 4.69) is 39.2 Å². The molecular formula is C25H41N3O4S. The maximum atomic E-state index is 12.4. The lowest BCUT2D eigenvalue weighted by Crippen LogP contribution is -2.46. The second kappa shape index (κ2) is 11.1. The Hall–Kier alpha value is -1.80. The van der Waals surface area contributed by atoms with Gasteiger partial charge in [-0.2, -0.15) is 0 Å². The first kappa shape index (κ1) is 25.8. The number of hydrogen-bond donors (Lipinski definition) is 2. The van der Waals surface area contributed by atoms with E-state index < -0.39 is 14.8 Å². The van der Waals surface area contributed by atoms with Crippen LogP contribution in [0.5, 0.6) is 0 Å². The molecule has 186 valence electrons. The van der Waals surface area contributed by atoms with E-state index in [0.29, 0.717) is 12.5 Å². The topological polar surface area (TPSA) is 87.7 Å². The molecule has 0 unspecified atom stereocenters. The Morgan fingerprint density at radius 1 is 1.03 bits per heavy atom. The molecule has 2 fully saturated rings. The number of nitrogens with one attached hydrogen (secondary N) is 2. The largest absolute Gasteiger partial charge is 0.466 e. The van der Waals surface area contributed by atoms with Crippen LogP contribution in [0.3, 0.4) is 0 Å². The van der Waals surface area contributed by atoms with Gasteiger partial charge in [0.25, 0.3) is 0 Å². The summed E-state index contributed by atoms with van der Waals surface area (Å²) >= 11 is 0. The molecule has 1 aliphatic heterocycles. The summed E-state index contributed by atoms with van der Waals surface area (Å²) in [6, 6.07) is 8.58. The van der Waals surface area contributed by atoms with Crippen LogP contribution in [0, 0.1) is 11.8 Å². The van der Waals surface area contributed by atoms with Gasteiger partial charge in [0, 0.05) is 37.1 Å². The number of piperidine rings is 1. The summed E-state index contributed by atoms with van der Waals surface area (Å²) in [5.74, 6) is 0.528. The third-order valence-electron chi connectivity index (χ3n) is 6.92. The quantitative estimate of drug-likeness (QED) is 0.545. The highest BCUT2D eigenvalue weighted by molar-refractivity contribution is 7.90. The van der Waals surface area contributed by atoms with Crippen LogP contribution in [-0.2, 0) is 19.6 Å². The summed E-state index contributed by atoms with van der Waals surface area (Å²) in [5.41, 5.74) is 2.30. The zero-order valence-electron chi connectivity index (χ0n) is 20.6. The van der Waals surface area contributed by atoms with Crippen LogP contribution in [0.2, 0.25) is 0 Å². The van der Waals surface area contributed by atoms with Gasteiger partial charge in [0.15, 0.2) is 0 Å². The molecule has 0 radical (unpaired) electrons. The van der Waals surface area contributed by atoms with Crippen molar-refractivity contribution >= 4 is 27.4 Å². The maximum absolute atomic E-state index is 12.4. The Labute approximate surface area is 199 Å². The Bertz CT molecular complexity index is 864. The third-order valence-corrected chi connectivity index (χ3v) is 9.17. The van der Waals surface area contributed by atoms with E-state index in [4.69, 9.17) is 4.74 Å². The van der Waals surface area contributed by atoms with Gasteiger partial charge < -0.3 is 15.0 Å². The first-order chi connectivity index (χ1) is 15.6. The van der Waals surface area contributed by atoms with Crippen LogP contribution in [0.1, 0.15) is 66.2 Å². The van der Waals surface area contributed by atoms with Gasteiger partial charge in [-0.15, -0.1) is 0 Å². The number of rotatable bonds is 8. The number of carbonyl (C=O) groups is 1. The molecule has 1 saturated carbocycles. The molecule has 2 aliphatic rings. The fourth-order valence-electron chi connectivity index (χ4n) is 4.57. The minimum Gasteiger partial charge on any atom is -0.466 e. The second-order valence-corrected chi connectivity index (χ2v) is 12.9. The summed E-state index contributed by atoms with van der Waals surface area (Å²) < 4.78 is 32.1. The summed E-state index contributed by atoms with van der Waals surface area (Å²) in [5, 5.41) is 3.55. The molecule has 2 N–H and O–H groups in total. The summed E-state index contributed by atoms with van der Waals surface area (Å²) in [7, 11) is -3.29. The van der Waals surface area contributed by atoms with E-state index >= 15 is 0 Å². The predicted molar refractivity (Wildman–Crippen MR) is 134 cm³/mol. The zero-order chi connectivity index (χ0) is 24.1. The normalized spacial score (nSPS) is 22.7. The molecule has 0 amide bonds. The fraction of sp³-hybridized carbons (Fsp3) is 0.720. The van der Waals surface area contributed by atoms with E-state index in [0.717, 1.165) is 63.8 Å². The molecule has 33 heavy (non-hydrogen) atoms. The van der Waals surface area contributed by atoms with Crippen molar-refractivity contribution in [2.24, 2.45) is 11.8 Å². The smallest absolute Gasteiger partial charge is 0.309 e. The number of esters is 1. The van der Waals surface area contributed by atoms with Crippen LogP contribution < -0.4 is 14.9 Å². The minimum atomic E-state index is -3.29. The first-order valence-electron chi connectivity index (χ1n) is 12.4. The highest BCUT2D eigenvalue weighted by Gasteiger charge is 2.32. The van der Waals surface area contributed by atoms with Gasteiger partial charge in [0.05, 0.1) is 17.3 Å². The van der Waals surface area contributed by atoms with Crippen LogP contribution in [0.4, 0.5) is 11.4 Å². The minimum absolute atomic E-state index is 0.0287. The van der Waals surface area contributed by atoms with Crippen LogP contribution in [0.25, 0.3) is 0 Å². The lowest BCUT2D eigenvalue weighted by molar-refractivity contribution is -0.148. The summed E-state index contributed by atoms with van der Waals surface area (Å²) in [4.78, 5) is 14.3. The van der Waals surface area contributed by atoms with E-state index in [1.165, 1.54) is 5.69 Å². The van der Waals surface area contributed by atoms with Crippen molar-refractivity contribution in [2.45, 2.75) is 77.0 Å². The lowest BCUT2D eigenvalue weighted by Gasteiger charge is -2.33. The third kappa shape index (κ3) is 7.09. The Balaban J connectivity index is 1.40. The van der Waals surface area contributed by atoms with Crippen molar-refractivity contribution in [1.29, 1.82) is 0 Å². The number of carbonyl (C=O) groups excluding carboxylic acids is 1. The maximum Gasteiger partial charge on any atom is 0.309 e. The van der Waals surface area contributed by atoms with Crippen molar-refractivity contribution < 1.29 is 17.9 Å². The van der Waals surface area contributed by atoms with E-state index in [9.17, 15) is 13.2 Å². The molecular weight excluding hydrogens is 438 g/mol. The molecule has 1 aromatic rings. The number of nitrogens with zero attached hydrogens (tertiary/aromatic N) is 1. The molecule has 1 aliphatic carbocycles. The highest BCUT2D eigenvalue weighted by atomic mass is 32.2. The molecule has 8 heteroatoms. The molecule has 7 nitrogen and oxygen atoms in total. The zero-order valence-corrected chi connectivity index (χ0v) is 21.4. The Kier molecular flexibility index (Phi) is 8.67. The number of anilines is 2. The standard InChI is InChI=1S/C25H41N3O4S/c1-5-32-24(29)20-14-16-28(17-15-20)23-12-10-21(11-13-23)26-18-19-6-8-22(9-7-19)27-33(30,31)25(2,3)4/h10-13,19-20,22,26-27H,5-9,14-18H2,1-4H3/t19-,22-. The monoisotopic (exact) mass is 479 g/mol. The molecule has 0 spiro atoms. The van der Waals surface area contributed by atoms with Gasteiger partial charge in [0.1, 0.15) is 0 Å². The molecule has 0 bridgehead atoms. The molecule has 0 atom stereocenters. The number of hydrogen-bond acceptors (Lipinski definition) is 6. The van der Waals surface area contributed by atoms with Crippen molar-refractivity contribution in [3.05, 3.63) is 24.3 Å². The fourth-order valence-corrected chi connectivity index (χ4v) is 5.59. The molecule has 1 heterocycles. The molecule has 1 aromatic carbocycles. The Morgan fingerprint density at radius 2 is 1.64 bits per heavy atom. The molecule has 3 rings (SSSR count). The van der Waals surface area contributed by atoms with E-state index in [1.807, 2.05) is 6.92 Å². The van der Waals surface area contributed by atoms with Gasteiger partial charge in [-0.1, -0.05) is 0 Å². The average Bonchev–Trinajstić information content (AvgIpc) is 2.78. The van der Waals surface area contributed by atoms with Crippen molar-refractivity contribution in [3.8, 4) is 0 Å². The van der Waals surface area contributed by atoms with Gasteiger partial charge in [-0.25, -0.2) is 13.1 Å². The van der Waals surface area contributed by atoms with Gasteiger partial charge in [-0.05, 0) is 96.4 Å². The predicted octanol–water partition coefficient (Wildman–Crippen LogP) is 4.15. The molecule has 0 aromatic heterocycles. The van der Waals surface area contributed by atoms with Crippen LogP contribution in [-0.4, -0.2) is 51.4 Å². The number of benzene rings is 1. The Morgan fingerprint density at radius 3 is 2.18 bits per heavy atom. The summed E-state index contributed by atoms with van der Waals surface area (Å²) in [6.45, 7) is 10.2. The molecule has 1 saturated heterocycles. The van der Waals surface area contributed by atoms with E-state index in [-0.39, 0.29) is 17.9 Å². The van der Waals surface area contributed by atoms with Crippen molar-refractivity contribution in [2.75, 3.05) is 36.5 Å². The van der Waals surface area contributed by atoms with Gasteiger partial charge in [0.2, 0.25) is 10.0 Å². The second-order valence-electron chi connectivity index (χ2n) is 10.4. The van der Waals surface area contributed by atoms with Gasteiger partial charge in [-0.3, -0.25) is 4.79 Å².